The lowest BCUT2D eigenvalue weighted by molar-refractivity contribution is 0.301. The molecular weight excluding hydrogens is 432 g/mol. The van der Waals surface area contributed by atoms with Crippen LogP contribution in [0.25, 0.3) is 44.4 Å². The number of aryl methyl sites for hydroxylation is 3. The molecule has 3 aromatic carbocycles. The fourth-order valence-electron chi connectivity index (χ4n) is 5.51. The molecule has 1 aliphatic carbocycles. The number of nitrogens with zero attached hydrogens (tertiary/aromatic N) is 2. The van der Waals surface area contributed by atoms with Gasteiger partial charge in [-0.2, -0.15) is 0 Å². The Balaban J connectivity index is 1.28. The third-order valence-corrected chi connectivity index (χ3v) is 7.43. The number of benzene rings is 3. The largest absolute Gasteiger partial charge is 0.486 e. The van der Waals surface area contributed by atoms with E-state index in [9.17, 15) is 0 Å². The standard InChI is InChI=1S/C30H28N4O/c1-4-26-31-24-12-8-19-13-17(5-9-21(19)27(24)33-26)18-6-10-22-20(14-18)7-11-23-28-25(15-35-29(22)23)32-30(34-28)16(2)3/h5-7,9-11,13-14,16H,4,8,12,15H2,1-3H3,(H,31,33)(H,32,34). The van der Waals surface area contributed by atoms with Crippen molar-refractivity contribution in [3.63, 3.8) is 0 Å². The lowest BCUT2D eigenvalue weighted by atomic mass is 9.89. The van der Waals surface area contributed by atoms with Gasteiger partial charge in [0, 0.05) is 28.9 Å². The zero-order chi connectivity index (χ0) is 23.7. The van der Waals surface area contributed by atoms with Gasteiger partial charge in [-0.05, 0) is 47.1 Å². The summed E-state index contributed by atoms with van der Waals surface area (Å²) in [5.74, 6) is 3.39. The lowest BCUT2D eigenvalue weighted by Crippen LogP contribution is -2.05. The van der Waals surface area contributed by atoms with Crippen LogP contribution in [0.1, 0.15) is 55.3 Å². The van der Waals surface area contributed by atoms with E-state index in [1.165, 1.54) is 39.0 Å². The molecule has 2 aromatic heterocycles. The van der Waals surface area contributed by atoms with Crippen molar-refractivity contribution in [3.8, 4) is 39.4 Å². The second kappa shape index (κ2) is 7.57. The molecule has 3 heterocycles. The molecule has 0 spiro atoms. The average molecular weight is 461 g/mol. The van der Waals surface area contributed by atoms with Gasteiger partial charge >= 0.3 is 0 Å². The number of hydrogen-bond donors (Lipinski definition) is 2. The maximum Gasteiger partial charge on any atom is 0.137 e. The lowest BCUT2D eigenvalue weighted by Gasteiger charge is -2.19. The molecular formula is C30H28N4O. The zero-order valence-corrected chi connectivity index (χ0v) is 20.3. The molecule has 0 radical (unpaired) electrons. The van der Waals surface area contributed by atoms with E-state index in [4.69, 9.17) is 14.7 Å². The summed E-state index contributed by atoms with van der Waals surface area (Å²) in [6.45, 7) is 6.99. The Morgan fingerprint density at radius 3 is 2.60 bits per heavy atom. The molecule has 0 atom stereocenters. The van der Waals surface area contributed by atoms with Crippen molar-refractivity contribution in [3.05, 3.63) is 77.1 Å². The van der Waals surface area contributed by atoms with Gasteiger partial charge < -0.3 is 14.7 Å². The minimum atomic E-state index is 0.359. The Kier molecular flexibility index (Phi) is 4.44. The minimum absolute atomic E-state index is 0.359. The number of fused-ring (bicyclic) bond motifs is 8. The van der Waals surface area contributed by atoms with Gasteiger partial charge in [-0.25, -0.2) is 9.97 Å². The van der Waals surface area contributed by atoms with Crippen LogP contribution < -0.4 is 4.74 Å². The van der Waals surface area contributed by atoms with Gasteiger partial charge in [0.15, 0.2) is 0 Å². The zero-order valence-electron chi connectivity index (χ0n) is 20.3. The fourth-order valence-corrected chi connectivity index (χ4v) is 5.51. The summed E-state index contributed by atoms with van der Waals surface area (Å²) in [6.07, 6.45) is 2.96. The van der Waals surface area contributed by atoms with Crippen molar-refractivity contribution >= 4 is 10.8 Å². The average Bonchev–Trinajstić information content (AvgIpc) is 3.52. The van der Waals surface area contributed by atoms with Crippen molar-refractivity contribution in [2.24, 2.45) is 0 Å². The van der Waals surface area contributed by atoms with E-state index in [0.29, 0.717) is 12.5 Å². The van der Waals surface area contributed by atoms with Gasteiger partial charge in [0.05, 0.1) is 22.8 Å². The molecule has 2 aliphatic rings. The van der Waals surface area contributed by atoms with Crippen LogP contribution in [0.4, 0.5) is 0 Å². The van der Waals surface area contributed by atoms with E-state index in [-0.39, 0.29) is 0 Å². The summed E-state index contributed by atoms with van der Waals surface area (Å²) >= 11 is 0. The highest BCUT2D eigenvalue weighted by Gasteiger charge is 2.25. The summed E-state index contributed by atoms with van der Waals surface area (Å²) in [5, 5.41) is 2.32. The van der Waals surface area contributed by atoms with Gasteiger partial charge in [-0.1, -0.05) is 57.2 Å². The number of hydrogen-bond acceptors (Lipinski definition) is 3. The Hall–Kier alpha value is -3.86. The summed E-state index contributed by atoms with van der Waals surface area (Å²) in [5.41, 5.74) is 10.7. The summed E-state index contributed by atoms with van der Waals surface area (Å²) in [4.78, 5) is 16.6. The number of nitrogens with one attached hydrogen (secondary N) is 2. The first-order valence-corrected chi connectivity index (χ1v) is 12.6. The van der Waals surface area contributed by atoms with Gasteiger partial charge in [-0.3, -0.25) is 0 Å². The topological polar surface area (TPSA) is 66.6 Å². The molecule has 0 fully saturated rings. The number of imidazole rings is 2. The van der Waals surface area contributed by atoms with Gasteiger partial charge in [0.25, 0.3) is 0 Å². The second-order valence-corrected chi connectivity index (χ2v) is 10.0. The smallest absolute Gasteiger partial charge is 0.137 e. The van der Waals surface area contributed by atoms with E-state index in [0.717, 1.165) is 59.0 Å². The minimum Gasteiger partial charge on any atom is -0.486 e. The van der Waals surface area contributed by atoms with Gasteiger partial charge in [-0.15, -0.1) is 0 Å². The SMILES string of the molecule is CCc1nc2c([nH]1)-c1ccc(-c3ccc4c5c(ccc4c3)-c3nc(C(C)C)[nH]c3CO5)cc1CC2. The number of aromatic nitrogens is 4. The summed E-state index contributed by atoms with van der Waals surface area (Å²) in [6, 6.07) is 17.9. The summed E-state index contributed by atoms with van der Waals surface area (Å²) in [7, 11) is 0. The van der Waals surface area contributed by atoms with Gasteiger partial charge in [0.1, 0.15) is 24.0 Å². The number of H-pyrrole nitrogens is 2. The first-order chi connectivity index (χ1) is 17.1. The predicted octanol–water partition coefficient (Wildman–Crippen LogP) is 6.96. The summed E-state index contributed by atoms with van der Waals surface area (Å²) < 4.78 is 6.24. The van der Waals surface area contributed by atoms with Crippen molar-refractivity contribution in [2.75, 3.05) is 0 Å². The molecule has 0 bridgehead atoms. The van der Waals surface area contributed by atoms with E-state index in [1.54, 1.807) is 0 Å². The molecule has 7 rings (SSSR count). The van der Waals surface area contributed by atoms with Crippen LogP contribution in [0, 0.1) is 0 Å². The molecule has 174 valence electrons. The Labute approximate surface area is 204 Å². The number of aromatic amines is 2. The molecule has 35 heavy (non-hydrogen) atoms. The van der Waals surface area contributed by atoms with E-state index in [1.807, 2.05) is 0 Å². The number of ether oxygens (including phenoxy) is 1. The van der Waals surface area contributed by atoms with Crippen molar-refractivity contribution in [1.82, 2.24) is 19.9 Å². The second-order valence-electron chi connectivity index (χ2n) is 10.0. The molecule has 5 heteroatoms. The highest BCUT2D eigenvalue weighted by atomic mass is 16.5. The fraction of sp³-hybridized carbons (Fsp3) is 0.267. The van der Waals surface area contributed by atoms with Crippen LogP contribution in [0.15, 0.2) is 48.5 Å². The van der Waals surface area contributed by atoms with E-state index < -0.39 is 0 Å². The quantitative estimate of drug-likeness (QED) is 0.306. The highest BCUT2D eigenvalue weighted by Crippen LogP contribution is 2.43. The first-order valence-electron chi connectivity index (χ1n) is 12.6. The molecule has 2 N–H and O–H groups in total. The third-order valence-electron chi connectivity index (χ3n) is 7.43. The molecule has 0 saturated carbocycles. The molecule has 5 nitrogen and oxygen atoms in total. The molecule has 1 aliphatic heterocycles. The predicted molar refractivity (Wildman–Crippen MR) is 140 cm³/mol. The highest BCUT2D eigenvalue weighted by molar-refractivity contribution is 5.97. The van der Waals surface area contributed by atoms with Crippen LogP contribution in [0.5, 0.6) is 5.75 Å². The maximum atomic E-state index is 6.24. The Morgan fingerprint density at radius 1 is 0.914 bits per heavy atom. The molecule has 5 aromatic rings. The van der Waals surface area contributed by atoms with E-state index >= 15 is 0 Å². The molecule has 0 amide bonds. The maximum absolute atomic E-state index is 6.24. The molecule has 0 saturated heterocycles. The van der Waals surface area contributed by atoms with Gasteiger partial charge in [0.2, 0.25) is 0 Å². The first kappa shape index (κ1) is 20.5. The van der Waals surface area contributed by atoms with Crippen LogP contribution >= 0.6 is 0 Å². The third kappa shape index (κ3) is 3.14. The Morgan fingerprint density at radius 2 is 1.74 bits per heavy atom. The van der Waals surface area contributed by atoms with Crippen LogP contribution in [-0.4, -0.2) is 19.9 Å². The normalized spacial score (nSPS) is 13.8. The monoisotopic (exact) mass is 460 g/mol. The van der Waals surface area contributed by atoms with Crippen LogP contribution in [0.2, 0.25) is 0 Å². The van der Waals surface area contributed by atoms with Crippen molar-refractivity contribution < 1.29 is 4.74 Å². The van der Waals surface area contributed by atoms with E-state index in [2.05, 4.69) is 79.3 Å². The van der Waals surface area contributed by atoms with Crippen LogP contribution in [0.3, 0.4) is 0 Å². The molecule has 0 unspecified atom stereocenters. The number of rotatable bonds is 3. The van der Waals surface area contributed by atoms with Crippen LogP contribution in [-0.2, 0) is 25.9 Å². The Bertz CT molecular complexity index is 1620. The van der Waals surface area contributed by atoms with Crippen molar-refractivity contribution in [1.29, 1.82) is 0 Å². The van der Waals surface area contributed by atoms with Crippen molar-refractivity contribution in [2.45, 2.75) is 52.6 Å².